The summed E-state index contributed by atoms with van der Waals surface area (Å²) in [5, 5.41) is 5.30. The Morgan fingerprint density at radius 1 is 1.50 bits per heavy atom. The van der Waals surface area contributed by atoms with Crippen LogP contribution < -0.4 is 10.6 Å². The van der Waals surface area contributed by atoms with Crippen LogP contribution in [0.1, 0.15) is 33.1 Å². The van der Waals surface area contributed by atoms with Crippen LogP contribution >= 0.6 is 0 Å². The number of carbonyl (C=O) groups excluding carboxylic acids is 2. The Kier molecular flexibility index (Phi) is 5.94. The molecule has 0 aromatic rings. The standard InChI is InChI=1S/C12H23N3O4S/c1-9(2)15(20(3,18)19)8-4-7-13-12(17)10-5-6-11(16)14-10/h9-10H,4-8H2,1-3H3,(H,13,17)(H,14,16)/t10-/m0/s1. The zero-order chi connectivity index (χ0) is 15.3. The fourth-order valence-electron chi connectivity index (χ4n) is 2.19. The van der Waals surface area contributed by atoms with Gasteiger partial charge in [-0.3, -0.25) is 9.59 Å². The number of sulfonamides is 1. The predicted octanol–water partition coefficient (Wildman–Crippen LogP) is -0.559. The highest BCUT2D eigenvalue weighted by Crippen LogP contribution is 2.07. The number of carbonyl (C=O) groups is 2. The topological polar surface area (TPSA) is 95.6 Å². The maximum absolute atomic E-state index is 11.7. The van der Waals surface area contributed by atoms with E-state index in [0.717, 1.165) is 0 Å². The third-order valence-corrected chi connectivity index (χ3v) is 4.62. The van der Waals surface area contributed by atoms with Crippen LogP contribution in [0.25, 0.3) is 0 Å². The van der Waals surface area contributed by atoms with Crippen LogP contribution in [-0.4, -0.2) is 56.0 Å². The van der Waals surface area contributed by atoms with Gasteiger partial charge in [0.15, 0.2) is 0 Å². The highest BCUT2D eigenvalue weighted by atomic mass is 32.2. The Hall–Kier alpha value is -1.15. The molecule has 20 heavy (non-hydrogen) atoms. The van der Waals surface area contributed by atoms with Gasteiger partial charge in [0.05, 0.1) is 6.26 Å². The first kappa shape index (κ1) is 16.9. The minimum Gasteiger partial charge on any atom is -0.354 e. The van der Waals surface area contributed by atoms with E-state index in [4.69, 9.17) is 0 Å². The quantitative estimate of drug-likeness (QED) is 0.616. The summed E-state index contributed by atoms with van der Waals surface area (Å²) in [6.45, 7) is 4.39. The van der Waals surface area contributed by atoms with Crippen LogP contribution in [0.15, 0.2) is 0 Å². The molecule has 1 saturated heterocycles. The Bertz CT molecular complexity index is 461. The summed E-state index contributed by atoms with van der Waals surface area (Å²) < 4.78 is 24.5. The van der Waals surface area contributed by atoms with Crippen molar-refractivity contribution in [2.24, 2.45) is 0 Å². The summed E-state index contributed by atoms with van der Waals surface area (Å²) in [4.78, 5) is 22.7. The van der Waals surface area contributed by atoms with Crippen molar-refractivity contribution in [2.75, 3.05) is 19.3 Å². The van der Waals surface area contributed by atoms with Crippen LogP contribution in [0, 0.1) is 0 Å². The minimum absolute atomic E-state index is 0.102. The van der Waals surface area contributed by atoms with Crippen molar-refractivity contribution in [2.45, 2.75) is 45.2 Å². The van der Waals surface area contributed by atoms with Crippen LogP contribution in [-0.2, 0) is 19.6 Å². The fraction of sp³-hybridized carbons (Fsp3) is 0.833. The number of rotatable bonds is 7. The zero-order valence-electron chi connectivity index (χ0n) is 12.2. The van der Waals surface area contributed by atoms with Gasteiger partial charge in [-0.1, -0.05) is 0 Å². The Morgan fingerprint density at radius 3 is 2.60 bits per heavy atom. The molecule has 1 fully saturated rings. The van der Waals surface area contributed by atoms with Gasteiger partial charge in [0.25, 0.3) is 0 Å². The van der Waals surface area contributed by atoms with Gasteiger partial charge in [-0.2, -0.15) is 4.31 Å². The van der Waals surface area contributed by atoms with E-state index in [9.17, 15) is 18.0 Å². The molecular formula is C12H23N3O4S. The van der Waals surface area contributed by atoms with Gasteiger partial charge < -0.3 is 10.6 Å². The molecule has 0 spiro atoms. The molecule has 2 amide bonds. The lowest BCUT2D eigenvalue weighted by molar-refractivity contribution is -0.125. The van der Waals surface area contributed by atoms with Gasteiger partial charge in [0.2, 0.25) is 21.8 Å². The third-order valence-electron chi connectivity index (χ3n) is 3.17. The molecule has 0 aromatic heterocycles. The van der Waals surface area contributed by atoms with E-state index in [2.05, 4.69) is 10.6 Å². The van der Waals surface area contributed by atoms with E-state index < -0.39 is 16.1 Å². The van der Waals surface area contributed by atoms with E-state index in [1.165, 1.54) is 10.6 Å². The lowest BCUT2D eigenvalue weighted by atomic mass is 10.2. The fourth-order valence-corrected chi connectivity index (χ4v) is 3.41. The van der Waals surface area contributed by atoms with Gasteiger partial charge >= 0.3 is 0 Å². The summed E-state index contributed by atoms with van der Waals surface area (Å²) >= 11 is 0. The maximum Gasteiger partial charge on any atom is 0.242 e. The van der Waals surface area contributed by atoms with Crippen molar-refractivity contribution < 1.29 is 18.0 Å². The van der Waals surface area contributed by atoms with Crippen molar-refractivity contribution in [1.29, 1.82) is 0 Å². The molecule has 1 atom stereocenters. The second kappa shape index (κ2) is 7.03. The van der Waals surface area contributed by atoms with Crippen molar-refractivity contribution in [3.05, 3.63) is 0 Å². The zero-order valence-corrected chi connectivity index (χ0v) is 13.0. The summed E-state index contributed by atoms with van der Waals surface area (Å²) in [6.07, 6.45) is 2.62. The van der Waals surface area contributed by atoms with Gasteiger partial charge in [-0.15, -0.1) is 0 Å². The van der Waals surface area contributed by atoms with Crippen LogP contribution in [0.2, 0.25) is 0 Å². The number of hydrogen-bond acceptors (Lipinski definition) is 4. The average Bonchev–Trinajstić information content (AvgIpc) is 2.73. The minimum atomic E-state index is -3.22. The second-order valence-corrected chi connectivity index (χ2v) is 7.21. The molecule has 0 saturated carbocycles. The van der Waals surface area contributed by atoms with E-state index in [1.807, 2.05) is 13.8 Å². The molecule has 8 heteroatoms. The van der Waals surface area contributed by atoms with Crippen LogP contribution in [0.5, 0.6) is 0 Å². The number of hydrogen-bond donors (Lipinski definition) is 2. The third kappa shape index (κ3) is 5.09. The molecule has 0 radical (unpaired) electrons. The molecule has 0 bridgehead atoms. The smallest absolute Gasteiger partial charge is 0.242 e. The Morgan fingerprint density at radius 2 is 2.15 bits per heavy atom. The van der Waals surface area contributed by atoms with E-state index in [0.29, 0.717) is 32.4 Å². The van der Waals surface area contributed by atoms with Gasteiger partial charge in [0.1, 0.15) is 6.04 Å². The first-order valence-electron chi connectivity index (χ1n) is 6.75. The molecule has 2 N–H and O–H groups in total. The van der Waals surface area contributed by atoms with E-state index >= 15 is 0 Å². The van der Waals surface area contributed by atoms with Crippen molar-refractivity contribution in [1.82, 2.24) is 14.9 Å². The van der Waals surface area contributed by atoms with Gasteiger partial charge in [-0.05, 0) is 26.7 Å². The molecule has 0 aliphatic carbocycles. The Labute approximate surface area is 120 Å². The summed E-state index contributed by atoms with van der Waals surface area (Å²) in [7, 11) is -3.22. The predicted molar refractivity (Wildman–Crippen MR) is 75.5 cm³/mol. The first-order chi connectivity index (χ1) is 9.21. The summed E-state index contributed by atoms with van der Waals surface area (Å²) in [6, 6.07) is -0.548. The number of amides is 2. The monoisotopic (exact) mass is 305 g/mol. The Balaban J connectivity index is 2.30. The molecule has 1 aliphatic heterocycles. The van der Waals surface area contributed by atoms with Crippen molar-refractivity contribution in [3.63, 3.8) is 0 Å². The number of nitrogens with one attached hydrogen (secondary N) is 2. The molecule has 116 valence electrons. The molecular weight excluding hydrogens is 282 g/mol. The molecule has 0 unspecified atom stereocenters. The van der Waals surface area contributed by atoms with Crippen molar-refractivity contribution in [3.8, 4) is 0 Å². The van der Waals surface area contributed by atoms with E-state index in [-0.39, 0.29) is 17.9 Å². The molecule has 1 heterocycles. The van der Waals surface area contributed by atoms with Crippen molar-refractivity contribution >= 4 is 21.8 Å². The molecule has 1 rings (SSSR count). The SMILES string of the molecule is CC(C)N(CCCNC(=O)[C@@H]1CCC(=O)N1)S(C)(=O)=O. The molecule has 0 aromatic carbocycles. The van der Waals surface area contributed by atoms with E-state index in [1.54, 1.807) is 0 Å². The second-order valence-electron chi connectivity index (χ2n) is 5.27. The highest BCUT2D eigenvalue weighted by Gasteiger charge is 2.26. The lowest BCUT2D eigenvalue weighted by Crippen LogP contribution is -2.43. The summed E-state index contributed by atoms with van der Waals surface area (Å²) in [5.41, 5.74) is 0. The van der Waals surface area contributed by atoms with Gasteiger partial charge in [0, 0.05) is 25.6 Å². The summed E-state index contributed by atoms with van der Waals surface area (Å²) in [5.74, 6) is -0.306. The average molecular weight is 305 g/mol. The van der Waals surface area contributed by atoms with Gasteiger partial charge in [-0.25, -0.2) is 8.42 Å². The molecule has 7 nitrogen and oxygen atoms in total. The van der Waals surface area contributed by atoms with Crippen LogP contribution in [0.4, 0.5) is 0 Å². The maximum atomic E-state index is 11.7. The normalized spacial score (nSPS) is 19.4. The highest BCUT2D eigenvalue weighted by molar-refractivity contribution is 7.88. The number of nitrogens with zero attached hydrogens (tertiary/aromatic N) is 1. The van der Waals surface area contributed by atoms with Crippen LogP contribution in [0.3, 0.4) is 0 Å². The first-order valence-corrected chi connectivity index (χ1v) is 8.60. The lowest BCUT2D eigenvalue weighted by Gasteiger charge is -2.23. The molecule has 1 aliphatic rings. The largest absolute Gasteiger partial charge is 0.354 e.